The number of carbonyl (C=O) groups excluding carboxylic acids is 1. The lowest BCUT2D eigenvalue weighted by Gasteiger charge is -2.24. The number of nitrogens with zero attached hydrogens (tertiary/aromatic N) is 2. The normalized spacial score (nSPS) is 17.9. The molecule has 1 aliphatic rings. The van der Waals surface area contributed by atoms with E-state index in [9.17, 15) is 9.59 Å². The van der Waals surface area contributed by atoms with Crippen LogP contribution in [0.5, 0.6) is 0 Å². The van der Waals surface area contributed by atoms with Crippen LogP contribution in [0.15, 0.2) is 24.3 Å². The third-order valence-corrected chi connectivity index (χ3v) is 3.69. The Kier molecular flexibility index (Phi) is 4.12. The van der Waals surface area contributed by atoms with Crippen LogP contribution in [0, 0.1) is 0 Å². The quantitative estimate of drug-likeness (QED) is 0.884. The summed E-state index contributed by atoms with van der Waals surface area (Å²) < 4.78 is 0. The molecule has 0 aromatic heterocycles. The fraction of sp³-hybridized carbons (Fsp3) is 0.429. The SMILES string of the molecule is CC(=O)N(C)C1CCN(c2ccc(NC(=O)O)cc2)C1. The highest BCUT2D eigenvalue weighted by Gasteiger charge is 2.27. The van der Waals surface area contributed by atoms with Crippen LogP contribution >= 0.6 is 0 Å². The van der Waals surface area contributed by atoms with E-state index >= 15 is 0 Å². The summed E-state index contributed by atoms with van der Waals surface area (Å²) in [6.07, 6.45) is -0.118. The lowest BCUT2D eigenvalue weighted by molar-refractivity contribution is -0.129. The highest BCUT2D eigenvalue weighted by molar-refractivity contribution is 5.83. The average molecular weight is 277 g/mol. The van der Waals surface area contributed by atoms with Crippen molar-refractivity contribution in [1.82, 2.24) is 4.90 Å². The van der Waals surface area contributed by atoms with Crippen molar-refractivity contribution in [2.75, 3.05) is 30.4 Å². The Hall–Kier alpha value is -2.24. The first kappa shape index (κ1) is 14.2. The lowest BCUT2D eigenvalue weighted by atomic mass is 10.2. The van der Waals surface area contributed by atoms with Crippen molar-refractivity contribution >= 4 is 23.4 Å². The summed E-state index contributed by atoms with van der Waals surface area (Å²) in [5.74, 6) is 0.0813. The summed E-state index contributed by atoms with van der Waals surface area (Å²) in [4.78, 5) is 25.9. The van der Waals surface area contributed by atoms with E-state index in [-0.39, 0.29) is 11.9 Å². The fourth-order valence-corrected chi connectivity index (χ4v) is 2.43. The maximum Gasteiger partial charge on any atom is 0.409 e. The van der Waals surface area contributed by atoms with Gasteiger partial charge in [0.25, 0.3) is 0 Å². The van der Waals surface area contributed by atoms with E-state index in [1.807, 2.05) is 19.2 Å². The van der Waals surface area contributed by atoms with Crippen LogP contribution < -0.4 is 10.2 Å². The van der Waals surface area contributed by atoms with Gasteiger partial charge in [-0.05, 0) is 30.7 Å². The molecule has 1 atom stereocenters. The Morgan fingerprint density at radius 1 is 1.35 bits per heavy atom. The van der Waals surface area contributed by atoms with Crippen LogP contribution in [0.3, 0.4) is 0 Å². The fourth-order valence-electron chi connectivity index (χ4n) is 2.43. The van der Waals surface area contributed by atoms with Crippen molar-refractivity contribution in [1.29, 1.82) is 0 Å². The zero-order valence-electron chi connectivity index (χ0n) is 11.7. The first-order chi connectivity index (χ1) is 9.47. The van der Waals surface area contributed by atoms with Crippen molar-refractivity contribution in [3.63, 3.8) is 0 Å². The molecule has 1 aromatic carbocycles. The maximum absolute atomic E-state index is 11.4. The van der Waals surface area contributed by atoms with Crippen LogP contribution in [-0.2, 0) is 4.79 Å². The van der Waals surface area contributed by atoms with Crippen molar-refractivity contribution in [3.05, 3.63) is 24.3 Å². The second-order valence-electron chi connectivity index (χ2n) is 5.00. The number of benzene rings is 1. The number of amides is 2. The molecule has 0 radical (unpaired) electrons. The largest absolute Gasteiger partial charge is 0.465 e. The summed E-state index contributed by atoms with van der Waals surface area (Å²) in [5.41, 5.74) is 1.60. The predicted molar refractivity (Wildman–Crippen MR) is 77.2 cm³/mol. The number of rotatable bonds is 3. The number of carbonyl (C=O) groups is 2. The highest BCUT2D eigenvalue weighted by atomic mass is 16.4. The molecule has 6 nitrogen and oxygen atoms in total. The van der Waals surface area contributed by atoms with E-state index in [1.165, 1.54) is 0 Å². The zero-order valence-corrected chi connectivity index (χ0v) is 11.7. The van der Waals surface area contributed by atoms with Gasteiger partial charge in [0.1, 0.15) is 0 Å². The third-order valence-electron chi connectivity index (χ3n) is 3.69. The molecule has 1 heterocycles. The average Bonchev–Trinajstić information content (AvgIpc) is 2.87. The Bertz CT molecular complexity index is 501. The van der Waals surface area contributed by atoms with Gasteiger partial charge in [-0.2, -0.15) is 0 Å². The van der Waals surface area contributed by atoms with Crippen molar-refractivity contribution in [2.24, 2.45) is 0 Å². The molecular weight excluding hydrogens is 258 g/mol. The topological polar surface area (TPSA) is 72.9 Å². The van der Waals surface area contributed by atoms with Crippen LogP contribution in [0.25, 0.3) is 0 Å². The number of nitrogens with one attached hydrogen (secondary N) is 1. The molecule has 2 amide bonds. The van der Waals surface area contributed by atoms with Gasteiger partial charge in [-0.15, -0.1) is 0 Å². The molecule has 1 aliphatic heterocycles. The smallest absolute Gasteiger partial charge is 0.409 e. The van der Waals surface area contributed by atoms with E-state index in [0.717, 1.165) is 25.2 Å². The van der Waals surface area contributed by atoms with Gasteiger partial charge in [0.05, 0.1) is 6.04 Å². The van der Waals surface area contributed by atoms with E-state index in [0.29, 0.717) is 5.69 Å². The Morgan fingerprint density at radius 3 is 2.55 bits per heavy atom. The van der Waals surface area contributed by atoms with Gasteiger partial charge in [0.2, 0.25) is 5.91 Å². The summed E-state index contributed by atoms with van der Waals surface area (Å²) in [6.45, 7) is 3.28. The van der Waals surface area contributed by atoms with E-state index in [4.69, 9.17) is 5.11 Å². The van der Waals surface area contributed by atoms with Crippen molar-refractivity contribution in [2.45, 2.75) is 19.4 Å². The van der Waals surface area contributed by atoms with Gasteiger partial charge >= 0.3 is 6.09 Å². The first-order valence-electron chi connectivity index (χ1n) is 6.55. The molecule has 1 saturated heterocycles. The second-order valence-corrected chi connectivity index (χ2v) is 5.00. The van der Waals surface area contributed by atoms with Gasteiger partial charge in [-0.25, -0.2) is 4.79 Å². The Balaban J connectivity index is 1.99. The van der Waals surface area contributed by atoms with Crippen LogP contribution in [0.2, 0.25) is 0 Å². The maximum atomic E-state index is 11.4. The molecular formula is C14H19N3O3. The summed E-state index contributed by atoms with van der Waals surface area (Å²) >= 11 is 0. The van der Waals surface area contributed by atoms with Crippen molar-refractivity contribution in [3.8, 4) is 0 Å². The summed E-state index contributed by atoms with van der Waals surface area (Å²) in [5, 5.41) is 10.9. The molecule has 1 fully saturated rings. The molecule has 2 N–H and O–H groups in total. The monoisotopic (exact) mass is 277 g/mol. The van der Waals surface area contributed by atoms with Crippen LogP contribution in [0.4, 0.5) is 16.2 Å². The standard InChI is InChI=1S/C14H19N3O3/c1-10(18)16(2)13-7-8-17(9-13)12-5-3-11(4-6-12)15-14(19)20/h3-6,13,15H,7-9H2,1-2H3,(H,19,20). The van der Waals surface area contributed by atoms with Crippen LogP contribution in [0.1, 0.15) is 13.3 Å². The highest BCUT2D eigenvalue weighted by Crippen LogP contribution is 2.24. The molecule has 0 aliphatic carbocycles. The summed E-state index contributed by atoms with van der Waals surface area (Å²) in [6, 6.07) is 7.50. The Labute approximate surface area is 118 Å². The van der Waals surface area contributed by atoms with Gasteiger partial charge in [0, 0.05) is 38.4 Å². The van der Waals surface area contributed by atoms with Gasteiger partial charge in [0.15, 0.2) is 0 Å². The van der Waals surface area contributed by atoms with Gasteiger partial charge < -0.3 is 14.9 Å². The molecule has 1 aromatic rings. The second kappa shape index (κ2) is 5.81. The molecule has 6 heteroatoms. The lowest BCUT2D eigenvalue weighted by Crippen LogP contribution is -2.37. The van der Waals surface area contributed by atoms with E-state index < -0.39 is 6.09 Å². The van der Waals surface area contributed by atoms with E-state index in [2.05, 4.69) is 10.2 Å². The van der Waals surface area contributed by atoms with E-state index in [1.54, 1.807) is 24.0 Å². The molecule has 1 unspecified atom stereocenters. The molecule has 2 rings (SSSR count). The zero-order chi connectivity index (χ0) is 14.7. The number of hydrogen-bond donors (Lipinski definition) is 2. The molecule has 0 saturated carbocycles. The number of hydrogen-bond acceptors (Lipinski definition) is 3. The molecule has 20 heavy (non-hydrogen) atoms. The van der Waals surface area contributed by atoms with Crippen LogP contribution in [-0.4, -0.2) is 48.2 Å². The summed E-state index contributed by atoms with van der Waals surface area (Å²) in [7, 11) is 1.83. The number of carboxylic acid groups (broad SMARTS) is 1. The van der Waals surface area contributed by atoms with Gasteiger partial charge in [-0.3, -0.25) is 10.1 Å². The number of anilines is 2. The minimum atomic E-state index is -1.07. The molecule has 108 valence electrons. The predicted octanol–water partition coefficient (Wildman–Crippen LogP) is 1.83. The molecule has 0 bridgehead atoms. The van der Waals surface area contributed by atoms with Gasteiger partial charge in [-0.1, -0.05) is 0 Å². The first-order valence-corrected chi connectivity index (χ1v) is 6.55. The minimum Gasteiger partial charge on any atom is -0.465 e. The third kappa shape index (κ3) is 3.20. The Morgan fingerprint density at radius 2 is 2.00 bits per heavy atom. The minimum absolute atomic E-state index is 0.0813. The molecule has 0 spiro atoms. The van der Waals surface area contributed by atoms with Crippen molar-refractivity contribution < 1.29 is 14.7 Å². The number of likely N-dealkylation sites (N-methyl/N-ethyl adjacent to an activating group) is 1.